The number of rotatable bonds is 6. The number of hydrogen-bond donors (Lipinski definition) is 1. The minimum absolute atomic E-state index is 0.128. The molecule has 1 aromatic carbocycles. The average molecular weight is 272 g/mol. The Morgan fingerprint density at radius 1 is 1.56 bits per heavy atom. The molecule has 0 spiro atoms. The minimum atomic E-state index is -0.348. The van der Waals surface area contributed by atoms with Crippen molar-refractivity contribution in [1.82, 2.24) is 5.32 Å². The quantitative estimate of drug-likeness (QED) is 0.844. The zero-order chi connectivity index (χ0) is 13.5. The number of ether oxygens (including phenoxy) is 1. The molecule has 4 heteroatoms. The summed E-state index contributed by atoms with van der Waals surface area (Å²) in [5.41, 5.74) is 3.19. The zero-order valence-electron chi connectivity index (χ0n) is 11.0. The highest BCUT2D eigenvalue weighted by Crippen LogP contribution is 2.22. The van der Waals surface area contributed by atoms with Crippen LogP contribution in [-0.4, -0.2) is 13.2 Å². The molecular weight excluding hydrogens is 253 g/mol. The van der Waals surface area contributed by atoms with Crippen molar-refractivity contribution in [3.05, 3.63) is 40.7 Å². The molecule has 100 valence electrons. The predicted molar refractivity (Wildman–Crippen MR) is 73.6 cm³/mol. The molecule has 1 rings (SSSR count). The third-order valence-corrected chi connectivity index (χ3v) is 2.98. The summed E-state index contributed by atoms with van der Waals surface area (Å²) in [5.74, 6) is -0.0973. The first-order valence-corrected chi connectivity index (χ1v) is 6.43. The molecule has 1 atom stereocenters. The van der Waals surface area contributed by atoms with Gasteiger partial charge in [-0.3, -0.25) is 0 Å². The van der Waals surface area contributed by atoms with Crippen LogP contribution in [0.3, 0.4) is 0 Å². The van der Waals surface area contributed by atoms with E-state index in [0.29, 0.717) is 6.61 Å². The fourth-order valence-corrected chi connectivity index (χ4v) is 1.61. The summed E-state index contributed by atoms with van der Waals surface area (Å²) < 4.78 is 19.1. The number of hydrogen-bond acceptors (Lipinski definition) is 2. The maximum atomic E-state index is 13.8. The van der Waals surface area contributed by atoms with E-state index in [9.17, 15) is 4.39 Å². The molecule has 1 N–H and O–H groups in total. The average Bonchev–Trinajstić information content (AvgIpc) is 2.37. The first-order valence-electron chi connectivity index (χ1n) is 6.00. The second kappa shape index (κ2) is 7.39. The Morgan fingerprint density at radius 3 is 2.83 bits per heavy atom. The van der Waals surface area contributed by atoms with Crippen molar-refractivity contribution in [3.63, 3.8) is 0 Å². The van der Waals surface area contributed by atoms with E-state index in [1.807, 2.05) is 26.8 Å². The van der Waals surface area contributed by atoms with Crippen molar-refractivity contribution in [1.29, 1.82) is 0 Å². The molecule has 0 aliphatic heterocycles. The highest BCUT2D eigenvalue weighted by atomic mass is 35.5. The van der Waals surface area contributed by atoms with Crippen LogP contribution in [0.15, 0.2) is 29.3 Å². The Kier molecular flexibility index (Phi) is 6.16. The molecule has 0 fully saturated rings. The van der Waals surface area contributed by atoms with E-state index in [2.05, 4.69) is 5.32 Å². The minimum Gasteiger partial charge on any atom is -0.486 e. The first-order chi connectivity index (χ1) is 8.58. The summed E-state index contributed by atoms with van der Waals surface area (Å²) >= 11 is 5.52. The van der Waals surface area contributed by atoms with Crippen LogP contribution in [0.2, 0.25) is 0 Å². The molecule has 18 heavy (non-hydrogen) atoms. The fourth-order valence-electron chi connectivity index (χ4n) is 1.55. The number of halogens is 2. The van der Waals surface area contributed by atoms with Gasteiger partial charge in [0.25, 0.3) is 0 Å². The molecule has 0 aliphatic carbocycles. The van der Waals surface area contributed by atoms with Crippen LogP contribution >= 0.6 is 11.6 Å². The number of benzene rings is 1. The van der Waals surface area contributed by atoms with Gasteiger partial charge in [0.15, 0.2) is 11.6 Å². The van der Waals surface area contributed by atoms with Crippen molar-refractivity contribution in [2.24, 2.45) is 0 Å². The van der Waals surface area contributed by atoms with Crippen LogP contribution in [-0.2, 0) is 0 Å². The van der Waals surface area contributed by atoms with Crippen molar-refractivity contribution < 1.29 is 9.13 Å². The highest BCUT2D eigenvalue weighted by Gasteiger charge is 2.09. The van der Waals surface area contributed by atoms with Gasteiger partial charge < -0.3 is 10.1 Å². The third kappa shape index (κ3) is 4.31. The van der Waals surface area contributed by atoms with E-state index in [-0.39, 0.29) is 17.6 Å². The first kappa shape index (κ1) is 15.0. The Hall–Kier alpha value is -1.06. The topological polar surface area (TPSA) is 21.3 Å². The second-order valence-corrected chi connectivity index (χ2v) is 4.43. The van der Waals surface area contributed by atoms with Gasteiger partial charge >= 0.3 is 0 Å². The molecule has 2 nitrogen and oxygen atoms in total. The van der Waals surface area contributed by atoms with Crippen molar-refractivity contribution in [2.45, 2.75) is 26.8 Å². The van der Waals surface area contributed by atoms with Crippen LogP contribution < -0.4 is 10.1 Å². The fraction of sp³-hybridized carbons (Fsp3) is 0.429. The van der Waals surface area contributed by atoms with E-state index in [4.69, 9.17) is 16.3 Å². The lowest BCUT2D eigenvalue weighted by Gasteiger charge is -2.14. The lowest BCUT2D eigenvalue weighted by Crippen LogP contribution is -2.17. The zero-order valence-corrected chi connectivity index (χ0v) is 11.7. The van der Waals surface area contributed by atoms with Gasteiger partial charge in [0, 0.05) is 11.6 Å². The molecule has 1 aromatic rings. The van der Waals surface area contributed by atoms with Gasteiger partial charge in [0.1, 0.15) is 6.61 Å². The van der Waals surface area contributed by atoms with Crippen LogP contribution in [0, 0.1) is 5.82 Å². The van der Waals surface area contributed by atoms with E-state index >= 15 is 0 Å². The van der Waals surface area contributed by atoms with E-state index in [0.717, 1.165) is 17.7 Å². The van der Waals surface area contributed by atoms with Gasteiger partial charge in [-0.2, -0.15) is 0 Å². The Labute approximate surface area is 113 Å². The van der Waals surface area contributed by atoms with Crippen LogP contribution in [0.4, 0.5) is 4.39 Å². The summed E-state index contributed by atoms with van der Waals surface area (Å²) in [7, 11) is 0. The molecule has 0 saturated heterocycles. The molecule has 0 aliphatic rings. The summed E-state index contributed by atoms with van der Waals surface area (Å²) in [4.78, 5) is 0. The predicted octanol–water partition coefficient (Wildman–Crippen LogP) is 4.02. The molecule has 0 bridgehead atoms. The lowest BCUT2D eigenvalue weighted by molar-refractivity contribution is 0.332. The highest BCUT2D eigenvalue weighted by molar-refractivity contribution is 6.25. The lowest BCUT2D eigenvalue weighted by atomic mass is 10.1. The summed E-state index contributed by atoms with van der Waals surface area (Å²) in [5, 5.41) is 3.23. The molecule has 1 unspecified atom stereocenters. The molecule has 0 amide bonds. The van der Waals surface area contributed by atoms with Gasteiger partial charge in [0.2, 0.25) is 0 Å². The molecule has 0 aromatic heterocycles. The van der Waals surface area contributed by atoms with E-state index < -0.39 is 0 Å². The normalized spacial score (nSPS) is 13.5. The van der Waals surface area contributed by atoms with Crippen LogP contribution in [0.25, 0.3) is 0 Å². The Balaban J connectivity index is 2.73. The molecule has 0 radical (unpaired) electrons. The maximum Gasteiger partial charge on any atom is 0.165 e. The van der Waals surface area contributed by atoms with Crippen LogP contribution in [0.5, 0.6) is 5.75 Å². The number of nitrogens with one attached hydrogen (secondary N) is 1. The SMILES string of the molecule is CCNC(C)c1ccc(OC/C(C)=C/Cl)c(F)c1. The van der Waals surface area contributed by atoms with E-state index in [1.165, 1.54) is 11.6 Å². The second-order valence-electron chi connectivity index (χ2n) is 4.21. The van der Waals surface area contributed by atoms with Gasteiger partial charge in [-0.15, -0.1) is 0 Å². The monoisotopic (exact) mass is 271 g/mol. The van der Waals surface area contributed by atoms with Crippen LogP contribution in [0.1, 0.15) is 32.4 Å². The molecule has 0 heterocycles. The van der Waals surface area contributed by atoms with Gasteiger partial charge in [0.05, 0.1) is 0 Å². The Morgan fingerprint density at radius 2 is 2.28 bits per heavy atom. The van der Waals surface area contributed by atoms with Gasteiger partial charge in [-0.05, 0) is 43.7 Å². The summed E-state index contributed by atoms with van der Waals surface area (Å²) in [6, 6.07) is 5.15. The third-order valence-electron chi connectivity index (χ3n) is 2.61. The summed E-state index contributed by atoms with van der Waals surface area (Å²) in [6.07, 6.45) is 0. The van der Waals surface area contributed by atoms with Gasteiger partial charge in [-0.1, -0.05) is 24.6 Å². The van der Waals surface area contributed by atoms with E-state index in [1.54, 1.807) is 6.07 Å². The standard InChI is InChI=1S/C14H19ClFNO/c1-4-17-11(3)12-5-6-14(13(16)7-12)18-9-10(2)8-15/h5-8,11,17H,4,9H2,1-3H3/b10-8+. The Bertz CT molecular complexity index is 420. The maximum absolute atomic E-state index is 13.8. The summed E-state index contributed by atoms with van der Waals surface area (Å²) in [6.45, 7) is 6.99. The van der Waals surface area contributed by atoms with Crippen molar-refractivity contribution in [3.8, 4) is 5.75 Å². The smallest absolute Gasteiger partial charge is 0.165 e. The van der Waals surface area contributed by atoms with Gasteiger partial charge in [-0.25, -0.2) is 4.39 Å². The van der Waals surface area contributed by atoms with Crippen molar-refractivity contribution in [2.75, 3.05) is 13.2 Å². The van der Waals surface area contributed by atoms with Crippen molar-refractivity contribution >= 4 is 11.6 Å². The largest absolute Gasteiger partial charge is 0.486 e. The molecule has 0 saturated carbocycles. The molecular formula is C14H19ClFNO.